The quantitative estimate of drug-likeness (QED) is 0.305. The first-order valence-corrected chi connectivity index (χ1v) is 8.45. The molecule has 0 unspecified atom stereocenters. The average molecular weight is 348 g/mol. The lowest BCUT2D eigenvalue weighted by molar-refractivity contribution is 0.111. The van der Waals surface area contributed by atoms with Gasteiger partial charge in [0.25, 0.3) is 0 Å². The molecule has 0 aliphatic carbocycles. The molecule has 118 valence electrons. The van der Waals surface area contributed by atoms with Crippen LogP contribution in [0.2, 0.25) is 5.15 Å². The number of hydrogen-bond donors (Lipinski definition) is 0. The van der Waals surface area contributed by atoms with Gasteiger partial charge >= 0.3 is 0 Å². The smallest absolute Gasteiger partial charge is 0.190 e. The molecule has 0 aliphatic heterocycles. The van der Waals surface area contributed by atoms with Crippen LogP contribution in [0.4, 0.5) is 0 Å². The Hall–Kier alpha value is -2.05. The van der Waals surface area contributed by atoms with Crippen LogP contribution in [0.25, 0.3) is 11.0 Å². The third kappa shape index (κ3) is 3.04. The van der Waals surface area contributed by atoms with Crippen LogP contribution >= 0.6 is 23.4 Å². The molecule has 7 heteroatoms. The first-order valence-electron chi connectivity index (χ1n) is 6.85. The van der Waals surface area contributed by atoms with Crippen LogP contribution in [0.5, 0.6) is 5.75 Å². The summed E-state index contributed by atoms with van der Waals surface area (Å²) < 4.78 is 7.01. The third-order valence-electron chi connectivity index (χ3n) is 3.52. The van der Waals surface area contributed by atoms with Gasteiger partial charge < -0.3 is 9.30 Å². The van der Waals surface area contributed by atoms with E-state index in [9.17, 15) is 4.79 Å². The molecule has 3 aromatic rings. The predicted octanol–water partition coefficient (Wildman–Crippen LogP) is 3.68. The summed E-state index contributed by atoms with van der Waals surface area (Å²) in [5.74, 6) is 0.789. The van der Waals surface area contributed by atoms with Crippen LogP contribution in [-0.4, -0.2) is 34.2 Å². The van der Waals surface area contributed by atoms with Crippen molar-refractivity contribution in [1.82, 2.24) is 14.5 Å². The maximum Gasteiger partial charge on any atom is 0.190 e. The highest BCUT2D eigenvalue weighted by atomic mass is 35.5. The van der Waals surface area contributed by atoms with Gasteiger partial charge in [0.15, 0.2) is 11.4 Å². The summed E-state index contributed by atoms with van der Waals surface area (Å²) in [6.07, 6.45) is 2.69. The van der Waals surface area contributed by atoms with Crippen LogP contribution in [0.3, 0.4) is 0 Å². The number of carbonyl (C=O) groups excluding carboxylic acids is 1. The number of nitrogens with zero attached hydrogens (tertiary/aromatic N) is 3. The molecular weight excluding hydrogens is 334 g/mol. The summed E-state index contributed by atoms with van der Waals surface area (Å²) in [5.41, 5.74) is 2.21. The van der Waals surface area contributed by atoms with E-state index in [1.807, 2.05) is 35.1 Å². The maximum absolute atomic E-state index is 11.4. The average Bonchev–Trinajstić information content (AvgIpc) is 2.94. The van der Waals surface area contributed by atoms with E-state index in [2.05, 4.69) is 9.97 Å². The Kier molecular flexibility index (Phi) is 4.54. The normalized spacial score (nSPS) is 10.9. The first-order chi connectivity index (χ1) is 11.2. The topological polar surface area (TPSA) is 57.0 Å². The number of halogens is 1. The van der Waals surface area contributed by atoms with Crippen LogP contribution < -0.4 is 4.74 Å². The van der Waals surface area contributed by atoms with Crippen molar-refractivity contribution < 1.29 is 9.53 Å². The number of aromatic nitrogens is 3. The number of thioether (sulfide) groups is 1. The first kappa shape index (κ1) is 15.8. The third-order valence-corrected chi connectivity index (χ3v) is 4.36. The van der Waals surface area contributed by atoms with E-state index < -0.39 is 0 Å². The van der Waals surface area contributed by atoms with Gasteiger partial charge in [-0.15, -0.1) is 0 Å². The lowest BCUT2D eigenvalue weighted by Crippen LogP contribution is -2.05. The number of fused-ring (bicyclic) bond motifs is 1. The fraction of sp³-hybridized carbons (Fsp3) is 0.188. The van der Waals surface area contributed by atoms with Gasteiger partial charge in [-0.05, 0) is 30.0 Å². The molecule has 23 heavy (non-hydrogen) atoms. The number of methoxy groups -OCH3 is 1. The SMILES string of the molecule is COc1ccc(Cn2c(C=O)cc3c(Cl)nc(SC)nc32)cc1. The number of ether oxygens (including phenoxy) is 1. The number of aldehydes is 1. The van der Waals surface area contributed by atoms with Gasteiger partial charge in [0.1, 0.15) is 16.5 Å². The molecule has 0 radical (unpaired) electrons. The maximum atomic E-state index is 11.4. The highest BCUT2D eigenvalue weighted by Crippen LogP contribution is 2.27. The second-order valence-corrected chi connectivity index (χ2v) is 5.99. The van der Waals surface area contributed by atoms with E-state index in [-0.39, 0.29) is 0 Å². The molecule has 0 fully saturated rings. The largest absolute Gasteiger partial charge is 0.497 e. The van der Waals surface area contributed by atoms with Crippen LogP contribution in [0.15, 0.2) is 35.5 Å². The second-order valence-electron chi connectivity index (χ2n) is 4.86. The Labute approximate surface area is 142 Å². The van der Waals surface area contributed by atoms with E-state index in [0.29, 0.717) is 33.6 Å². The van der Waals surface area contributed by atoms with Crippen LogP contribution in [-0.2, 0) is 6.54 Å². The summed E-state index contributed by atoms with van der Waals surface area (Å²) in [6.45, 7) is 0.517. The molecule has 0 bridgehead atoms. The van der Waals surface area contributed by atoms with Crippen molar-refractivity contribution in [1.29, 1.82) is 0 Å². The van der Waals surface area contributed by atoms with Crippen molar-refractivity contribution in [3.8, 4) is 5.75 Å². The second kappa shape index (κ2) is 6.60. The molecule has 2 aromatic heterocycles. The Morgan fingerprint density at radius 1 is 1.30 bits per heavy atom. The Bertz CT molecular complexity index is 862. The van der Waals surface area contributed by atoms with Crippen molar-refractivity contribution in [2.75, 3.05) is 13.4 Å². The van der Waals surface area contributed by atoms with Crippen molar-refractivity contribution in [2.24, 2.45) is 0 Å². The molecule has 1 aromatic carbocycles. The molecule has 3 rings (SSSR count). The van der Waals surface area contributed by atoms with Crippen LogP contribution in [0, 0.1) is 0 Å². The van der Waals surface area contributed by atoms with Gasteiger partial charge in [0.05, 0.1) is 18.2 Å². The molecule has 0 spiro atoms. The molecule has 0 N–H and O–H groups in total. The predicted molar refractivity (Wildman–Crippen MR) is 91.8 cm³/mol. The summed E-state index contributed by atoms with van der Waals surface area (Å²) >= 11 is 7.63. The van der Waals surface area contributed by atoms with Gasteiger partial charge in [0.2, 0.25) is 0 Å². The zero-order valence-corrected chi connectivity index (χ0v) is 14.2. The van der Waals surface area contributed by atoms with Gasteiger partial charge in [0, 0.05) is 6.54 Å². The Morgan fingerprint density at radius 3 is 2.65 bits per heavy atom. The van der Waals surface area contributed by atoms with E-state index in [0.717, 1.165) is 17.6 Å². The summed E-state index contributed by atoms with van der Waals surface area (Å²) in [6, 6.07) is 9.40. The standard InChI is InChI=1S/C16H14ClN3O2S/c1-22-12-5-3-10(4-6-12)8-20-11(9-21)7-13-14(17)18-16(23-2)19-15(13)20/h3-7,9H,8H2,1-2H3. The minimum absolute atomic E-state index is 0.357. The van der Waals surface area contributed by atoms with Gasteiger partial charge in [-0.2, -0.15) is 0 Å². The summed E-state index contributed by atoms with van der Waals surface area (Å²) in [5, 5.41) is 1.62. The highest BCUT2D eigenvalue weighted by molar-refractivity contribution is 7.98. The molecule has 0 aliphatic rings. The number of rotatable bonds is 5. The fourth-order valence-electron chi connectivity index (χ4n) is 2.36. The monoisotopic (exact) mass is 347 g/mol. The van der Waals surface area contributed by atoms with Crippen LogP contribution in [0.1, 0.15) is 16.1 Å². The summed E-state index contributed by atoms with van der Waals surface area (Å²) in [7, 11) is 1.63. The van der Waals surface area contributed by atoms with Gasteiger partial charge in [-0.1, -0.05) is 35.5 Å². The van der Waals surface area contributed by atoms with Gasteiger partial charge in [-0.3, -0.25) is 4.79 Å². The molecular formula is C16H14ClN3O2S. The van der Waals surface area contributed by atoms with E-state index in [1.165, 1.54) is 11.8 Å². The number of hydrogen-bond acceptors (Lipinski definition) is 5. The Balaban J connectivity index is 2.10. The van der Waals surface area contributed by atoms with Crippen molar-refractivity contribution >= 4 is 40.7 Å². The molecule has 0 amide bonds. The van der Waals surface area contributed by atoms with Crippen molar-refractivity contribution in [2.45, 2.75) is 11.7 Å². The molecule has 0 saturated heterocycles. The van der Waals surface area contributed by atoms with E-state index in [1.54, 1.807) is 13.2 Å². The lowest BCUT2D eigenvalue weighted by Gasteiger charge is -2.09. The molecule has 5 nitrogen and oxygen atoms in total. The zero-order chi connectivity index (χ0) is 16.4. The van der Waals surface area contributed by atoms with E-state index >= 15 is 0 Å². The Morgan fingerprint density at radius 2 is 2.04 bits per heavy atom. The summed E-state index contributed by atoms with van der Waals surface area (Å²) in [4.78, 5) is 20.1. The van der Waals surface area contributed by atoms with Crippen molar-refractivity contribution in [3.05, 3.63) is 46.7 Å². The number of carbonyl (C=O) groups is 1. The van der Waals surface area contributed by atoms with Gasteiger partial charge in [-0.25, -0.2) is 9.97 Å². The molecule has 0 saturated carbocycles. The molecule has 0 atom stereocenters. The minimum atomic E-state index is 0.357. The number of benzene rings is 1. The van der Waals surface area contributed by atoms with E-state index in [4.69, 9.17) is 16.3 Å². The fourth-order valence-corrected chi connectivity index (χ4v) is 2.99. The lowest BCUT2D eigenvalue weighted by atomic mass is 10.2. The minimum Gasteiger partial charge on any atom is -0.497 e. The molecule has 2 heterocycles. The zero-order valence-electron chi connectivity index (χ0n) is 12.6. The van der Waals surface area contributed by atoms with Crippen molar-refractivity contribution in [3.63, 3.8) is 0 Å². The highest BCUT2D eigenvalue weighted by Gasteiger charge is 2.15.